The highest BCUT2D eigenvalue weighted by molar-refractivity contribution is 6.09. The van der Waals surface area contributed by atoms with Crippen molar-refractivity contribution in [2.24, 2.45) is 5.92 Å². The second-order valence-electron chi connectivity index (χ2n) is 7.11. The van der Waals surface area contributed by atoms with Crippen molar-refractivity contribution in [2.75, 3.05) is 6.61 Å². The van der Waals surface area contributed by atoms with Crippen molar-refractivity contribution in [1.82, 2.24) is 4.57 Å². The minimum atomic E-state index is 0.198. The molecule has 26 heavy (non-hydrogen) atoms. The number of nitrogens with zero attached hydrogens (tertiary/aromatic N) is 1. The van der Waals surface area contributed by atoms with Crippen LogP contribution in [0.2, 0.25) is 0 Å². The molecule has 0 spiro atoms. The molecule has 3 aromatic rings. The third-order valence-electron chi connectivity index (χ3n) is 5.37. The van der Waals surface area contributed by atoms with Crippen LogP contribution in [0.4, 0.5) is 0 Å². The van der Waals surface area contributed by atoms with E-state index in [4.69, 9.17) is 4.74 Å². The molecule has 0 unspecified atom stereocenters. The van der Waals surface area contributed by atoms with Crippen molar-refractivity contribution in [3.05, 3.63) is 66.4 Å². The molecule has 0 radical (unpaired) electrons. The van der Waals surface area contributed by atoms with E-state index in [0.717, 1.165) is 41.6 Å². The number of ether oxygens (including phenoxy) is 1. The average Bonchev–Trinajstić information content (AvgIpc) is 3.08. The molecular formula is C23H25NO2. The number of fused-ring (bicyclic) bond motifs is 1. The number of hydrogen-bond acceptors (Lipinski definition) is 2. The zero-order chi connectivity index (χ0) is 17.8. The number of carbonyl (C=O) groups excluding carboxylic acids is 1. The van der Waals surface area contributed by atoms with Crippen LogP contribution in [-0.4, -0.2) is 17.0 Å². The second-order valence-corrected chi connectivity index (χ2v) is 7.11. The van der Waals surface area contributed by atoms with E-state index in [1.54, 1.807) is 0 Å². The predicted octanol–water partition coefficient (Wildman–Crippen LogP) is 5.48. The number of rotatable bonds is 6. The lowest BCUT2D eigenvalue weighted by Crippen LogP contribution is -2.17. The lowest BCUT2D eigenvalue weighted by molar-refractivity contribution is 0.0891. The van der Waals surface area contributed by atoms with Crippen LogP contribution in [0.1, 0.15) is 42.5 Å². The molecule has 0 aliphatic heterocycles. The van der Waals surface area contributed by atoms with Gasteiger partial charge in [-0.2, -0.15) is 0 Å². The molecule has 1 saturated carbocycles. The fraction of sp³-hybridized carbons (Fsp3) is 0.348. The average molecular weight is 347 g/mol. The molecule has 2 aromatic carbocycles. The van der Waals surface area contributed by atoms with E-state index in [0.29, 0.717) is 12.4 Å². The van der Waals surface area contributed by atoms with Gasteiger partial charge in [0.15, 0.2) is 5.78 Å². The maximum absolute atomic E-state index is 13.1. The fourth-order valence-electron chi connectivity index (χ4n) is 3.99. The van der Waals surface area contributed by atoms with Crippen LogP contribution in [0.25, 0.3) is 10.9 Å². The monoisotopic (exact) mass is 347 g/mol. The van der Waals surface area contributed by atoms with E-state index in [1.165, 1.54) is 19.3 Å². The van der Waals surface area contributed by atoms with Crippen LogP contribution < -0.4 is 4.74 Å². The highest BCUT2D eigenvalue weighted by Crippen LogP contribution is 2.30. The molecule has 1 heterocycles. The molecule has 0 atom stereocenters. The number of hydrogen-bond donors (Lipinski definition) is 0. The SMILES string of the molecule is O=C(c1cn(CCOc2ccccc2)c2ccccc12)C1CCCCC1. The zero-order valence-corrected chi connectivity index (χ0v) is 15.1. The number of carbonyl (C=O) groups is 1. The van der Waals surface area contributed by atoms with Gasteiger partial charge in [0.1, 0.15) is 12.4 Å². The Morgan fingerprint density at radius 1 is 0.962 bits per heavy atom. The van der Waals surface area contributed by atoms with Gasteiger partial charge in [0.05, 0.1) is 6.54 Å². The number of Topliss-reactive ketones (excluding diaryl/α,β-unsaturated/α-hetero) is 1. The van der Waals surface area contributed by atoms with E-state index >= 15 is 0 Å². The van der Waals surface area contributed by atoms with Gasteiger partial charge in [0.25, 0.3) is 0 Å². The summed E-state index contributed by atoms with van der Waals surface area (Å²) < 4.78 is 8.00. The summed E-state index contributed by atoms with van der Waals surface area (Å²) in [5, 5.41) is 1.07. The molecule has 1 aliphatic rings. The summed E-state index contributed by atoms with van der Waals surface area (Å²) in [4.78, 5) is 13.1. The Kier molecular flexibility index (Phi) is 5.05. The quantitative estimate of drug-likeness (QED) is 0.553. The van der Waals surface area contributed by atoms with Gasteiger partial charge in [-0.15, -0.1) is 0 Å². The van der Waals surface area contributed by atoms with Gasteiger partial charge in [-0.05, 0) is 31.0 Å². The topological polar surface area (TPSA) is 31.2 Å². The predicted molar refractivity (Wildman–Crippen MR) is 105 cm³/mol. The molecule has 0 bridgehead atoms. The van der Waals surface area contributed by atoms with Crippen molar-refractivity contribution in [3.8, 4) is 5.75 Å². The Bertz CT molecular complexity index is 876. The Morgan fingerprint density at radius 3 is 2.50 bits per heavy atom. The molecule has 0 saturated heterocycles. The smallest absolute Gasteiger partial charge is 0.168 e. The summed E-state index contributed by atoms with van der Waals surface area (Å²) in [5.41, 5.74) is 2.00. The van der Waals surface area contributed by atoms with Gasteiger partial charge in [0, 0.05) is 28.6 Å². The van der Waals surface area contributed by atoms with Crippen molar-refractivity contribution in [2.45, 2.75) is 38.6 Å². The summed E-state index contributed by atoms with van der Waals surface area (Å²) in [6, 6.07) is 18.1. The number of aromatic nitrogens is 1. The fourth-order valence-corrected chi connectivity index (χ4v) is 3.99. The summed E-state index contributed by atoms with van der Waals surface area (Å²) in [6.45, 7) is 1.31. The number of para-hydroxylation sites is 2. The molecular weight excluding hydrogens is 322 g/mol. The van der Waals surface area contributed by atoms with Crippen molar-refractivity contribution >= 4 is 16.7 Å². The van der Waals surface area contributed by atoms with Gasteiger partial charge in [-0.3, -0.25) is 4.79 Å². The first-order valence-corrected chi connectivity index (χ1v) is 9.63. The highest BCUT2D eigenvalue weighted by Gasteiger charge is 2.25. The zero-order valence-electron chi connectivity index (χ0n) is 15.1. The molecule has 134 valence electrons. The molecule has 3 nitrogen and oxygen atoms in total. The van der Waals surface area contributed by atoms with Gasteiger partial charge in [0.2, 0.25) is 0 Å². The molecule has 1 fully saturated rings. The van der Waals surface area contributed by atoms with Crippen molar-refractivity contribution in [3.63, 3.8) is 0 Å². The van der Waals surface area contributed by atoms with Crippen molar-refractivity contribution in [1.29, 1.82) is 0 Å². The Morgan fingerprint density at radius 2 is 1.69 bits per heavy atom. The van der Waals surface area contributed by atoms with Gasteiger partial charge in [-0.25, -0.2) is 0 Å². The lowest BCUT2D eigenvalue weighted by atomic mass is 9.84. The van der Waals surface area contributed by atoms with E-state index in [2.05, 4.69) is 16.7 Å². The third-order valence-corrected chi connectivity index (χ3v) is 5.37. The largest absolute Gasteiger partial charge is 0.492 e. The van der Waals surface area contributed by atoms with Crippen LogP contribution in [0.15, 0.2) is 60.8 Å². The minimum Gasteiger partial charge on any atom is -0.492 e. The minimum absolute atomic E-state index is 0.198. The van der Waals surface area contributed by atoms with E-state index in [1.807, 2.05) is 48.7 Å². The second kappa shape index (κ2) is 7.77. The Hall–Kier alpha value is -2.55. The number of ketones is 1. The standard InChI is InChI=1S/C23H25NO2/c25-23(18-9-3-1-4-10-18)21-17-24(22-14-8-7-13-20(21)22)15-16-26-19-11-5-2-6-12-19/h2,5-8,11-14,17-18H,1,3-4,9-10,15-16H2. The maximum atomic E-state index is 13.1. The summed E-state index contributed by atoms with van der Waals surface area (Å²) in [5.74, 6) is 1.40. The maximum Gasteiger partial charge on any atom is 0.168 e. The molecule has 0 N–H and O–H groups in total. The molecule has 4 rings (SSSR count). The molecule has 1 aromatic heterocycles. The first-order valence-electron chi connectivity index (χ1n) is 9.63. The number of benzene rings is 2. The Balaban J connectivity index is 1.54. The summed E-state index contributed by atoms with van der Waals surface area (Å²) >= 11 is 0. The van der Waals surface area contributed by atoms with Crippen LogP contribution in [-0.2, 0) is 6.54 Å². The molecule has 1 aliphatic carbocycles. The van der Waals surface area contributed by atoms with E-state index < -0.39 is 0 Å². The van der Waals surface area contributed by atoms with Gasteiger partial charge < -0.3 is 9.30 Å². The lowest BCUT2D eigenvalue weighted by Gasteiger charge is -2.19. The van der Waals surface area contributed by atoms with Gasteiger partial charge >= 0.3 is 0 Å². The highest BCUT2D eigenvalue weighted by atomic mass is 16.5. The Labute approximate surface area is 154 Å². The van der Waals surface area contributed by atoms with E-state index in [-0.39, 0.29) is 5.92 Å². The van der Waals surface area contributed by atoms with Gasteiger partial charge in [-0.1, -0.05) is 55.7 Å². The first-order chi connectivity index (χ1) is 12.8. The first kappa shape index (κ1) is 16.9. The van der Waals surface area contributed by atoms with Crippen LogP contribution in [0.5, 0.6) is 5.75 Å². The summed E-state index contributed by atoms with van der Waals surface area (Å²) in [6.07, 6.45) is 7.74. The molecule has 0 amide bonds. The van der Waals surface area contributed by atoms with E-state index in [9.17, 15) is 4.79 Å². The molecule has 3 heteroatoms. The van der Waals surface area contributed by atoms with Crippen LogP contribution in [0.3, 0.4) is 0 Å². The van der Waals surface area contributed by atoms with Crippen molar-refractivity contribution < 1.29 is 9.53 Å². The third kappa shape index (κ3) is 3.52. The van der Waals surface area contributed by atoms with Crippen LogP contribution >= 0.6 is 0 Å². The summed E-state index contributed by atoms with van der Waals surface area (Å²) in [7, 11) is 0. The van der Waals surface area contributed by atoms with Crippen LogP contribution in [0, 0.1) is 5.92 Å². The normalized spacial score (nSPS) is 15.2.